The smallest absolute Gasteiger partial charge is 0.233 e. The Hall–Kier alpha value is -3.19. The summed E-state index contributed by atoms with van der Waals surface area (Å²) >= 11 is 1.63. The zero-order chi connectivity index (χ0) is 17.3. The van der Waals surface area contributed by atoms with Crippen LogP contribution in [0.2, 0.25) is 0 Å². The van der Waals surface area contributed by atoms with Crippen LogP contribution in [-0.2, 0) is 5.75 Å². The van der Waals surface area contributed by atoms with Gasteiger partial charge >= 0.3 is 0 Å². The first-order valence-electron chi connectivity index (χ1n) is 8.09. The molecule has 1 aromatic carbocycles. The van der Waals surface area contributed by atoms with E-state index >= 15 is 0 Å². The molecule has 0 aliphatic carbocycles. The molecule has 0 aliphatic heterocycles. The van der Waals surface area contributed by atoms with E-state index in [0.717, 1.165) is 21.6 Å². The van der Waals surface area contributed by atoms with E-state index in [2.05, 4.69) is 15.0 Å². The third-order valence-electron chi connectivity index (χ3n) is 3.95. The van der Waals surface area contributed by atoms with Crippen molar-refractivity contribution in [2.24, 2.45) is 0 Å². The van der Waals surface area contributed by atoms with Crippen LogP contribution < -0.4 is 0 Å². The van der Waals surface area contributed by atoms with Gasteiger partial charge in [0.1, 0.15) is 5.03 Å². The van der Waals surface area contributed by atoms with Crippen LogP contribution >= 0.6 is 11.8 Å². The second kappa shape index (κ2) is 6.27. The summed E-state index contributed by atoms with van der Waals surface area (Å²) in [5, 5.41) is 1.93. The molecule has 0 bridgehead atoms. The third kappa shape index (κ3) is 2.72. The van der Waals surface area contributed by atoms with E-state index in [0.29, 0.717) is 23.1 Å². The molecular formula is C19H13N5OS. The molecule has 0 saturated carbocycles. The molecule has 6 nitrogen and oxygen atoms in total. The fourth-order valence-electron chi connectivity index (χ4n) is 2.76. The lowest BCUT2D eigenvalue weighted by molar-refractivity contribution is 0.577. The Labute approximate surface area is 153 Å². The van der Waals surface area contributed by atoms with Gasteiger partial charge in [-0.2, -0.15) is 0 Å². The lowest BCUT2D eigenvalue weighted by Crippen LogP contribution is -1.93. The number of hydrogen-bond acceptors (Lipinski definition) is 6. The van der Waals surface area contributed by atoms with Gasteiger partial charge in [0, 0.05) is 29.7 Å². The van der Waals surface area contributed by atoms with Crippen LogP contribution in [0.3, 0.4) is 0 Å². The number of rotatable bonds is 4. The monoisotopic (exact) mass is 359 g/mol. The van der Waals surface area contributed by atoms with E-state index in [4.69, 9.17) is 9.40 Å². The number of fused-ring (bicyclic) bond motifs is 2. The number of furan rings is 1. The van der Waals surface area contributed by atoms with Crippen molar-refractivity contribution in [1.82, 2.24) is 24.3 Å². The number of thioether (sulfide) groups is 1. The quantitative estimate of drug-likeness (QED) is 0.353. The molecule has 0 amide bonds. The van der Waals surface area contributed by atoms with E-state index in [9.17, 15) is 0 Å². The predicted molar refractivity (Wildman–Crippen MR) is 99.8 cm³/mol. The summed E-state index contributed by atoms with van der Waals surface area (Å²) in [6, 6.07) is 13.6. The molecule has 4 aromatic heterocycles. The molecule has 7 heteroatoms. The summed E-state index contributed by atoms with van der Waals surface area (Å²) in [6.45, 7) is 0. The summed E-state index contributed by atoms with van der Waals surface area (Å²) < 4.78 is 7.39. The number of imidazole rings is 1. The summed E-state index contributed by atoms with van der Waals surface area (Å²) in [4.78, 5) is 18.1. The highest BCUT2D eigenvalue weighted by Gasteiger charge is 2.12. The van der Waals surface area contributed by atoms with Gasteiger partial charge in [-0.05, 0) is 24.3 Å². The first kappa shape index (κ1) is 15.1. The molecule has 0 unspecified atom stereocenters. The molecule has 0 atom stereocenters. The standard InChI is InChI=1S/C19H13N5OS/c1-2-6-15-14(5-1)18(23-17(22-15)16-7-3-10-25-16)26-12-13-11-24-9-4-8-20-19(24)21-13/h1-11H,12H2. The maximum atomic E-state index is 5.47. The molecule has 0 spiro atoms. The van der Waals surface area contributed by atoms with E-state index < -0.39 is 0 Å². The zero-order valence-electron chi connectivity index (χ0n) is 13.6. The Kier molecular flexibility index (Phi) is 3.64. The van der Waals surface area contributed by atoms with E-state index in [-0.39, 0.29) is 0 Å². The highest BCUT2D eigenvalue weighted by molar-refractivity contribution is 7.98. The van der Waals surface area contributed by atoms with Gasteiger partial charge in [-0.3, -0.25) is 4.40 Å². The van der Waals surface area contributed by atoms with Crippen molar-refractivity contribution in [3.63, 3.8) is 0 Å². The summed E-state index contributed by atoms with van der Waals surface area (Å²) in [7, 11) is 0. The Morgan fingerprint density at radius 2 is 1.96 bits per heavy atom. The average molecular weight is 359 g/mol. The topological polar surface area (TPSA) is 69.1 Å². The zero-order valence-corrected chi connectivity index (χ0v) is 14.4. The molecule has 0 saturated heterocycles. The van der Waals surface area contributed by atoms with Crippen LogP contribution in [0.1, 0.15) is 5.69 Å². The van der Waals surface area contributed by atoms with Gasteiger partial charge in [-0.15, -0.1) is 0 Å². The summed E-state index contributed by atoms with van der Waals surface area (Å²) in [5.74, 6) is 2.65. The van der Waals surface area contributed by atoms with Crippen molar-refractivity contribution in [3.05, 3.63) is 73.0 Å². The Morgan fingerprint density at radius 1 is 1.00 bits per heavy atom. The van der Waals surface area contributed by atoms with Crippen LogP contribution in [0.25, 0.3) is 28.3 Å². The van der Waals surface area contributed by atoms with Gasteiger partial charge in [-0.1, -0.05) is 30.0 Å². The highest BCUT2D eigenvalue weighted by Crippen LogP contribution is 2.30. The second-order valence-corrected chi connectivity index (χ2v) is 6.66. The van der Waals surface area contributed by atoms with Gasteiger partial charge in [0.05, 0.1) is 17.5 Å². The third-order valence-corrected chi connectivity index (χ3v) is 4.98. The van der Waals surface area contributed by atoms with Crippen LogP contribution in [0.4, 0.5) is 0 Å². The van der Waals surface area contributed by atoms with Crippen molar-refractivity contribution in [3.8, 4) is 11.6 Å². The molecule has 0 aliphatic rings. The van der Waals surface area contributed by atoms with Crippen molar-refractivity contribution < 1.29 is 4.42 Å². The van der Waals surface area contributed by atoms with Gasteiger partial charge in [0.25, 0.3) is 0 Å². The van der Waals surface area contributed by atoms with Gasteiger partial charge in [0.2, 0.25) is 5.78 Å². The molecule has 26 heavy (non-hydrogen) atoms. The molecule has 0 fully saturated rings. The normalized spacial score (nSPS) is 11.4. The minimum Gasteiger partial charge on any atom is -0.461 e. The first-order valence-corrected chi connectivity index (χ1v) is 9.07. The van der Waals surface area contributed by atoms with E-state index in [1.807, 2.05) is 59.3 Å². The number of hydrogen-bond donors (Lipinski definition) is 0. The average Bonchev–Trinajstić information content (AvgIpc) is 3.35. The van der Waals surface area contributed by atoms with Crippen LogP contribution in [0.5, 0.6) is 0 Å². The first-order chi connectivity index (χ1) is 12.9. The molecule has 126 valence electrons. The number of benzene rings is 1. The van der Waals surface area contributed by atoms with Crippen molar-refractivity contribution in [2.45, 2.75) is 10.8 Å². The fourth-order valence-corrected chi connectivity index (χ4v) is 3.67. The molecule has 5 rings (SSSR count). The minimum absolute atomic E-state index is 0.591. The summed E-state index contributed by atoms with van der Waals surface area (Å²) in [5.41, 5.74) is 1.85. The Bertz CT molecular complexity index is 1170. The van der Waals surface area contributed by atoms with Gasteiger partial charge < -0.3 is 4.42 Å². The van der Waals surface area contributed by atoms with Crippen LogP contribution in [0.15, 0.2) is 76.8 Å². The van der Waals surface area contributed by atoms with Crippen molar-refractivity contribution in [1.29, 1.82) is 0 Å². The predicted octanol–water partition coefficient (Wildman–Crippen LogP) is 4.22. The maximum Gasteiger partial charge on any atom is 0.233 e. The number of aromatic nitrogens is 5. The summed E-state index contributed by atoms with van der Waals surface area (Å²) in [6.07, 6.45) is 7.31. The Morgan fingerprint density at radius 3 is 2.85 bits per heavy atom. The fraction of sp³-hybridized carbons (Fsp3) is 0.0526. The van der Waals surface area contributed by atoms with Crippen molar-refractivity contribution >= 4 is 28.4 Å². The van der Waals surface area contributed by atoms with Crippen molar-refractivity contribution in [2.75, 3.05) is 0 Å². The minimum atomic E-state index is 0.591. The Balaban J connectivity index is 1.52. The van der Waals surface area contributed by atoms with Gasteiger partial charge in [0.15, 0.2) is 11.6 Å². The van der Waals surface area contributed by atoms with Gasteiger partial charge in [-0.25, -0.2) is 19.9 Å². The maximum absolute atomic E-state index is 5.47. The molecular weight excluding hydrogens is 346 g/mol. The largest absolute Gasteiger partial charge is 0.461 e. The second-order valence-electron chi connectivity index (χ2n) is 5.69. The van der Waals surface area contributed by atoms with E-state index in [1.54, 1.807) is 24.2 Å². The molecule has 0 N–H and O–H groups in total. The lowest BCUT2D eigenvalue weighted by atomic mass is 10.2. The lowest BCUT2D eigenvalue weighted by Gasteiger charge is -2.06. The molecule has 5 aromatic rings. The van der Waals surface area contributed by atoms with Crippen LogP contribution in [0, 0.1) is 0 Å². The SMILES string of the molecule is c1coc(-c2nc(SCc3cn4cccnc4n3)c3ccccc3n2)c1. The van der Waals surface area contributed by atoms with E-state index in [1.165, 1.54) is 0 Å². The number of para-hydroxylation sites is 1. The molecule has 4 heterocycles. The highest BCUT2D eigenvalue weighted by atomic mass is 32.2. The number of nitrogens with zero attached hydrogens (tertiary/aromatic N) is 5. The van der Waals surface area contributed by atoms with Crippen LogP contribution in [-0.4, -0.2) is 24.3 Å². The molecule has 0 radical (unpaired) electrons.